The maximum atomic E-state index is 12.0. The van der Waals surface area contributed by atoms with E-state index in [0.29, 0.717) is 23.9 Å². The van der Waals surface area contributed by atoms with Gasteiger partial charge in [-0.1, -0.05) is 42.1 Å². The number of nitrogens with zero attached hydrogens (tertiary/aromatic N) is 2. The number of aliphatic hydroxyl groups is 1. The van der Waals surface area contributed by atoms with Gasteiger partial charge in [-0.05, 0) is 12.5 Å². The predicted octanol–water partition coefficient (Wildman–Crippen LogP) is 0.920. The smallest absolute Gasteiger partial charge is 0.240 e. The van der Waals surface area contributed by atoms with Gasteiger partial charge in [0.1, 0.15) is 6.54 Å². The van der Waals surface area contributed by atoms with Crippen molar-refractivity contribution >= 4 is 23.6 Å². The molecule has 0 aliphatic heterocycles. The van der Waals surface area contributed by atoms with Crippen molar-refractivity contribution in [3.63, 3.8) is 0 Å². The molecule has 0 saturated heterocycles. The van der Waals surface area contributed by atoms with Gasteiger partial charge in [-0.3, -0.25) is 9.59 Å². The fraction of sp³-hybridized carbons (Fsp3) is 0.353. The lowest BCUT2D eigenvalue weighted by Crippen LogP contribution is -2.28. The molecular weight excluding hydrogens is 340 g/mol. The number of likely N-dealkylation sites (N-methyl/N-ethyl adjacent to an activating group) is 1. The molecule has 1 aromatic carbocycles. The highest BCUT2D eigenvalue weighted by atomic mass is 32.2. The molecule has 0 bridgehead atoms. The number of nitrogens with one attached hydrogen (secondary N) is 2. The number of rotatable bonds is 9. The van der Waals surface area contributed by atoms with Crippen LogP contribution in [0.3, 0.4) is 0 Å². The lowest BCUT2D eigenvalue weighted by Gasteiger charge is -2.10. The zero-order valence-electron chi connectivity index (χ0n) is 14.1. The van der Waals surface area contributed by atoms with E-state index in [1.165, 1.54) is 18.0 Å². The minimum Gasteiger partial charge on any atom is -0.390 e. The molecule has 1 aromatic heterocycles. The van der Waals surface area contributed by atoms with Crippen LogP contribution in [0.4, 0.5) is 0 Å². The van der Waals surface area contributed by atoms with E-state index in [9.17, 15) is 14.7 Å². The third-order valence-corrected chi connectivity index (χ3v) is 4.39. The topological polar surface area (TPSA) is 96.2 Å². The van der Waals surface area contributed by atoms with Crippen molar-refractivity contribution in [2.24, 2.45) is 0 Å². The fourth-order valence-electron chi connectivity index (χ4n) is 2.18. The largest absolute Gasteiger partial charge is 0.390 e. The predicted molar refractivity (Wildman–Crippen MR) is 95.8 cm³/mol. The highest BCUT2D eigenvalue weighted by Crippen LogP contribution is 2.18. The van der Waals surface area contributed by atoms with Crippen LogP contribution < -0.4 is 10.6 Å². The Morgan fingerprint density at radius 3 is 2.64 bits per heavy atom. The molecule has 2 aromatic rings. The molecule has 8 heteroatoms. The Bertz CT molecular complexity index is 703. The minimum absolute atomic E-state index is 0.0672. The molecule has 0 spiro atoms. The van der Waals surface area contributed by atoms with Crippen molar-refractivity contribution in [3.8, 4) is 0 Å². The van der Waals surface area contributed by atoms with Crippen molar-refractivity contribution in [2.45, 2.75) is 31.8 Å². The van der Waals surface area contributed by atoms with Crippen LogP contribution in [-0.4, -0.2) is 38.8 Å². The van der Waals surface area contributed by atoms with Crippen LogP contribution in [0.25, 0.3) is 0 Å². The third-order valence-electron chi connectivity index (χ3n) is 3.40. The van der Waals surface area contributed by atoms with Gasteiger partial charge >= 0.3 is 0 Å². The normalized spacial score (nSPS) is 10.5. The molecule has 2 amide bonds. The Kier molecular flexibility index (Phi) is 7.49. The van der Waals surface area contributed by atoms with E-state index < -0.39 is 0 Å². The summed E-state index contributed by atoms with van der Waals surface area (Å²) in [6.07, 6.45) is 1.52. The maximum Gasteiger partial charge on any atom is 0.240 e. The van der Waals surface area contributed by atoms with Gasteiger partial charge in [0.15, 0.2) is 5.16 Å². The van der Waals surface area contributed by atoms with Gasteiger partial charge < -0.3 is 20.3 Å². The Labute approximate surface area is 150 Å². The summed E-state index contributed by atoms with van der Waals surface area (Å²) < 4.78 is 1.63. The van der Waals surface area contributed by atoms with E-state index in [-0.39, 0.29) is 30.7 Å². The number of thioether (sulfide) groups is 1. The molecule has 2 rings (SSSR count). The molecule has 0 fully saturated rings. The van der Waals surface area contributed by atoms with Crippen LogP contribution in [0, 0.1) is 0 Å². The lowest BCUT2D eigenvalue weighted by atomic mass is 10.2. The summed E-state index contributed by atoms with van der Waals surface area (Å²) >= 11 is 1.24. The van der Waals surface area contributed by atoms with Crippen LogP contribution in [0.2, 0.25) is 0 Å². The standard InChI is InChI=1S/C17H22N4O3S/c1-2-18-15(23)10-21-14(11-22)9-20-17(21)25-12-16(24)19-8-13-6-4-3-5-7-13/h3-7,9,22H,2,8,10-12H2,1H3,(H,18,23)(H,19,24). The molecule has 3 N–H and O–H groups in total. The molecule has 134 valence electrons. The van der Waals surface area contributed by atoms with E-state index in [1.807, 2.05) is 37.3 Å². The second-order valence-electron chi connectivity index (χ2n) is 5.28. The van der Waals surface area contributed by atoms with Crippen molar-refractivity contribution in [3.05, 3.63) is 47.8 Å². The first-order chi connectivity index (χ1) is 12.1. The fourth-order valence-corrected chi connectivity index (χ4v) is 3.00. The highest BCUT2D eigenvalue weighted by molar-refractivity contribution is 7.99. The molecule has 0 aliphatic rings. The molecule has 0 saturated carbocycles. The number of amides is 2. The molecular formula is C17H22N4O3S. The number of hydrogen-bond donors (Lipinski definition) is 3. The zero-order valence-corrected chi connectivity index (χ0v) is 14.9. The van der Waals surface area contributed by atoms with Crippen molar-refractivity contribution in [1.82, 2.24) is 20.2 Å². The third kappa shape index (κ3) is 5.91. The van der Waals surface area contributed by atoms with Gasteiger partial charge in [0.05, 0.1) is 24.3 Å². The van der Waals surface area contributed by atoms with E-state index >= 15 is 0 Å². The van der Waals surface area contributed by atoms with Crippen molar-refractivity contribution < 1.29 is 14.7 Å². The number of benzene rings is 1. The first-order valence-corrected chi connectivity index (χ1v) is 8.98. The van der Waals surface area contributed by atoms with Gasteiger partial charge in [-0.25, -0.2) is 4.98 Å². The SMILES string of the molecule is CCNC(=O)Cn1c(CO)cnc1SCC(=O)NCc1ccccc1. The number of hydrogen-bond acceptors (Lipinski definition) is 5. The first kappa shape index (κ1) is 19.0. The van der Waals surface area contributed by atoms with Crippen LogP contribution in [0.1, 0.15) is 18.2 Å². The van der Waals surface area contributed by atoms with Crippen LogP contribution in [-0.2, 0) is 29.3 Å². The minimum atomic E-state index is -0.215. The molecule has 0 unspecified atom stereocenters. The number of carbonyl (C=O) groups excluding carboxylic acids is 2. The average Bonchev–Trinajstić information content (AvgIpc) is 3.01. The van der Waals surface area contributed by atoms with Gasteiger partial charge in [-0.2, -0.15) is 0 Å². The van der Waals surface area contributed by atoms with Crippen LogP contribution in [0.15, 0.2) is 41.7 Å². The average molecular weight is 362 g/mol. The molecule has 7 nitrogen and oxygen atoms in total. The van der Waals surface area contributed by atoms with Gasteiger partial charge in [0, 0.05) is 13.1 Å². The summed E-state index contributed by atoms with van der Waals surface area (Å²) in [4.78, 5) is 28.0. The molecule has 0 radical (unpaired) electrons. The Balaban J connectivity index is 1.90. The van der Waals surface area contributed by atoms with Crippen molar-refractivity contribution in [2.75, 3.05) is 12.3 Å². The van der Waals surface area contributed by atoms with E-state index in [4.69, 9.17) is 0 Å². The Morgan fingerprint density at radius 2 is 1.96 bits per heavy atom. The Morgan fingerprint density at radius 1 is 1.20 bits per heavy atom. The monoisotopic (exact) mass is 362 g/mol. The van der Waals surface area contributed by atoms with Crippen LogP contribution >= 0.6 is 11.8 Å². The van der Waals surface area contributed by atoms with Gasteiger partial charge in [0.2, 0.25) is 11.8 Å². The number of aromatic nitrogens is 2. The number of carbonyl (C=O) groups is 2. The summed E-state index contributed by atoms with van der Waals surface area (Å²) in [6, 6.07) is 9.66. The van der Waals surface area contributed by atoms with Gasteiger partial charge in [0.25, 0.3) is 0 Å². The maximum absolute atomic E-state index is 12.0. The number of imidazole rings is 1. The number of aliphatic hydroxyl groups excluding tert-OH is 1. The van der Waals surface area contributed by atoms with E-state index in [1.54, 1.807) is 4.57 Å². The molecule has 0 aliphatic carbocycles. The van der Waals surface area contributed by atoms with Gasteiger partial charge in [-0.15, -0.1) is 0 Å². The molecule has 25 heavy (non-hydrogen) atoms. The first-order valence-electron chi connectivity index (χ1n) is 7.99. The summed E-state index contributed by atoms with van der Waals surface area (Å²) in [7, 11) is 0. The summed E-state index contributed by atoms with van der Waals surface area (Å²) in [5.41, 5.74) is 1.57. The van der Waals surface area contributed by atoms with E-state index in [2.05, 4.69) is 15.6 Å². The summed E-state index contributed by atoms with van der Waals surface area (Å²) in [5, 5.41) is 15.5. The summed E-state index contributed by atoms with van der Waals surface area (Å²) in [6.45, 7) is 2.69. The molecule has 0 atom stereocenters. The second-order valence-corrected chi connectivity index (χ2v) is 6.22. The zero-order chi connectivity index (χ0) is 18.1. The Hall–Kier alpha value is -2.32. The lowest BCUT2D eigenvalue weighted by molar-refractivity contribution is -0.121. The van der Waals surface area contributed by atoms with E-state index in [0.717, 1.165) is 5.56 Å². The summed E-state index contributed by atoms with van der Waals surface area (Å²) in [5.74, 6) is -0.0954. The van der Waals surface area contributed by atoms with Crippen LogP contribution in [0.5, 0.6) is 0 Å². The molecule has 1 heterocycles. The highest BCUT2D eigenvalue weighted by Gasteiger charge is 2.14. The quantitative estimate of drug-likeness (QED) is 0.577. The van der Waals surface area contributed by atoms with Crippen molar-refractivity contribution in [1.29, 1.82) is 0 Å². The second kappa shape index (κ2) is 9.85.